The lowest BCUT2D eigenvalue weighted by Gasteiger charge is -2.38. The Hall–Kier alpha value is -1.51. The Balaban J connectivity index is 2.14. The van der Waals surface area contributed by atoms with Crippen molar-refractivity contribution in [2.45, 2.75) is 52.5 Å². The summed E-state index contributed by atoms with van der Waals surface area (Å²) >= 11 is 0. The number of aryl methyl sites for hydroxylation is 1. The van der Waals surface area contributed by atoms with E-state index in [1.807, 2.05) is 31.0 Å². The van der Waals surface area contributed by atoms with Crippen LogP contribution >= 0.6 is 0 Å². The quantitative estimate of drug-likeness (QED) is 0.837. The molecular weight excluding hydrogens is 248 g/mol. The molecule has 20 heavy (non-hydrogen) atoms. The Bertz CT molecular complexity index is 477. The second kappa shape index (κ2) is 5.47. The van der Waals surface area contributed by atoms with Crippen LogP contribution in [0.15, 0.2) is 18.2 Å². The van der Waals surface area contributed by atoms with Gasteiger partial charge in [0.15, 0.2) is 0 Å². The van der Waals surface area contributed by atoms with Crippen LogP contribution in [0.4, 0.5) is 5.69 Å². The predicted molar refractivity (Wildman–Crippen MR) is 83.7 cm³/mol. The largest absolute Gasteiger partial charge is 0.398 e. The molecule has 1 amide bonds. The number of anilines is 1. The second-order valence-corrected chi connectivity index (χ2v) is 6.85. The fourth-order valence-corrected chi connectivity index (χ4v) is 3.10. The summed E-state index contributed by atoms with van der Waals surface area (Å²) in [7, 11) is 1.91. The van der Waals surface area contributed by atoms with Gasteiger partial charge in [-0.2, -0.15) is 0 Å². The monoisotopic (exact) mass is 274 g/mol. The summed E-state index contributed by atoms with van der Waals surface area (Å²) in [5.41, 5.74) is 8.61. The summed E-state index contributed by atoms with van der Waals surface area (Å²) in [4.78, 5) is 14.6. The highest BCUT2D eigenvalue weighted by Gasteiger charge is 2.31. The van der Waals surface area contributed by atoms with E-state index in [4.69, 9.17) is 5.73 Å². The first-order valence-electron chi connectivity index (χ1n) is 7.44. The van der Waals surface area contributed by atoms with Crippen molar-refractivity contribution >= 4 is 11.6 Å². The molecule has 0 spiro atoms. The normalized spacial score (nSPS) is 18.8. The Morgan fingerprint density at radius 2 is 1.90 bits per heavy atom. The first kappa shape index (κ1) is 14.9. The summed E-state index contributed by atoms with van der Waals surface area (Å²) in [5, 5.41) is 0. The number of nitrogens with zero attached hydrogens (tertiary/aromatic N) is 1. The number of hydrogen-bond donors (Lipinski definition) is 1. The molecular formula is C17H26N2O. The van der Waals surface area contributed by atoms with Gasteiger partial charge in [0, 0.05) is 18.8 Å². The molecule has 1 aliphatic carbocycles. The van der Waals surface area contributed by atoms with Gasteiger partial charge in [0.25, 0.3) is 5.91 Å². The maximum absolute atomic E-state index is 12.7. The van der Waals surface area contributed by atoms with Crippen LogP contribution < -0.4 is 5.73 Å². The summed E-state index contributed by atoms with van der Waals surface area (Å²) in [6.07, 6.45) is 4.53. The molecule has 1 fully saturated rings. The maximum Gasteiger partial charge on any atom is 0.256 e. The highest BCUT2D eigenvalue weighted by Crippen LogP contribution is 2.37. The van der Waals surface area contributed by atoms with Crippen LogP contribution in [-0.4, -0.2) is 23.9 Å². The molecule has 3 nitrogen and oxygen atoms in total. The average molecular weight is 274 g/mol. The zero-order valence-corrected chi connectivity index (χ0v) is 13.1. The molecule has 0 aromatic heterocycles. The standard InChI is InChI=1S/C17H26N2O/c1-12-6-5-7-14(18)15(12)16(20)19(4)13-8-10-17(2,3)11-9-13/h5-7,13H,8-11,18H2,1-4H3. The third kappa shape index (κ3) is 2.97. The molecule has 3 heteroatoms. The number of nitrogens with two attached hydrogens (primary N) is 1. The number of nitrogen functional groups attached to an aromatic ring is 1. The number of benzene rings is 1. The molecule has 0 saturated heterocycles. The van der Waals surface area contributed by atoms with E-state index < -0.39 is 0 Å². The Morgan fingerprint density at radius 1 is 1.30 bits per heavy atom. The molecule has 1 aliphatic rings. The third-order valence-corrected chi connectivity index (χ3v) is 4.70. The summed E-state index contributed by atoms with van der Waals surface area (Å²) in [6.45, 7) is 6.57. The van der Waals surface area contributed by atoms with Gasteiger partial charge in [-0.25, -0.2) is 0 Å². The smallest absolute Gasteiger partial charge is 0.256 e. The lowest BCUT2D eigenvalue weighted by atomic mass is 9.75. The lowest BCUT2D eigenvalue weighted by molar-refractivity contribution is 0.0635. The predicted octanol–water partition coefficient (Wildman–Crippen LogP) is 3.62. The number of carbonyl (C=O) groups is 1. The molecule has 2 N–H and O–H groups in total. The van der Waals surface area contributed by atoms with Crippen LogP contribution in [0.5, 0.6) is 0 Å². The third-order valence-electron chi connectivity index (χ3n) is 4.70. The van der Waals surface area contributed by atoms with Crippen LogP contribution in [0, 0.1) is 12.3 Å². The zero-order chi connectivity index (χ0) is 14.9. The van der Waals surface area contributed by atoms with Gasteiger partial charge in [-0.05, 0) is 49.7 Å². The molecule has 2 rings (SSSR count). The van der Waals surface area contributed by atoms with Gasteiger partial charge >= 0.3 is 0 Å². The minimum Gasteiger partial charge on any atom is -0.398 e. The number of rotatable bonds is 2. The molecule has 0 unspecified atom stereocenters. The van der Waals surface area contributed by atoms with E-state index >= 15 is 0 Å². The first-order chi connectivity index (χ1) is 9.32. The molecule has 0 bridgehead atoms. The van der Waals surface area contributed by atoms with Crippen molar-refractivity contribution in [2.24, 2.45) is 5.41 Å². The molecule has 1 saturated carbocycles. The van der Waals surface area contributed by atoms with Crippen LogP contribution in [0.2, 0.25) is 0 Å². The van der Waals surface area contributed by atoms with Crippen molar-refractivity contribution in [3.8, 4) is 0 Å². The molecule has 110 valence electrons. The zero-order valence-electron chi connectivity index (χ0n) is 13.1. The number of carbonyl (C=O) groups excluding carboxylic acids is 1. The van der Waals surface area contributed by atoms with Gasteiger partial charge in [-0.15, -0.1) is 0 Å². The SMILES string of the molecule is Cc1cccc(N)c1C(=O)N(C)C1CCC(C)(C)CC1. The van der Waals surface area contributed by atoms with Crippen molar-refractivity contribution in [1.82, 2.24) is 4.90 Å². The molecule has 0 radical (unpaired) electrons. The highest BCUT2D eigenvalue weighted by molar-refractivity contribution is 6.00. The minimum atomic E-state index is 0.0605. The first-order valence-corrected chi connectivity index (χ1v) is 7.44. The molecule has 1 aromatic rings. The van der Waals surface area contributed by atoms with Gasteiger partial charge in [0.2, 0.25) is 0 Å². The van der Waals surface area contributed by atoms with Gasteiger partial charge < -0.3 is 10.6 Å². The van der Waals surface area contributed by atoms with Crippen LogP contribution in [0.1, 0.15) is 55.5 Å². The van der Waals surface area contributed by atoms with E-state index in [2.05, 4.69) is 13.8 Å². The van der Waals surface area contributed by atoms with E-state index in [1.54, 1.807) is 6.07 Å². The topological polar surface area (TPSA) is 46.3 Å². The Morgan fingerprint density at radius 3 is 2.45 bits per heavy atom. The molecule has 0 atom stereocenters. The van der Waals surface area contributed by atoms with Crippen LogP contribution in [0.3, 0.4) is 0 Å². The summed E-state index contributed by atoms with van der Waals surface area (Å²) in [5.74, 6) is 0.0605. The van der Waals surface area contributed by atoms with E-state index in [9.17, 15) is 4.79 Å². The van der Waals surface area contributed by atoms with Crippen molar-refractivity contribution in [3.63, 3.8) is 0 Å². The summed E-state index contributed by atoms with van der Waals surface area (Å²) < 4.78 is 0. The fourth-order valence-electron chi connectivity index (χ4n) is 3.10. The lowest BCUT2D eigenvalue weighted by Crippen LogP contribution is -2.41. The van der Waals surface area contributed by atoms with Crippen LogP contribution in [-0.2, 0) is 0 Å². The molecule has 0 aliphatic heterocycles. The Labute approximate surface area is 122 Å². The van der Waals surface area contributed by atoms with Gasteiger partial charge in [-0.1, -0.05) is 26.0 Å². The van der Waals surface area contributed by atoms with Crippen molar-refractivity contribution in [1.29, 1.82) is 0 Å². The molecule has 0 heterocycles. The van der Waals surface area contributed by atoms with E-state index in [-0.39, 0.29) is 5.91 Å². The second-order valence-electron chi connectivity index (χ2n) is 6.85. The highest BCUT2D eigenvalue weighted by atomic mass is 16.2. The van der Waals surface area contributed by atoms with Gasteiger partial charge in [0.1, 0.15) is 0 Å². The van der Waals surface area contributed by atoms with Crippen LogP contribution in [0.25, 0.3) is 0 Å². The maximum atomic E-state index is 12.7. The van der Waals surface area contributed by atoms with Crippen molar-refractivity contribution in [2.75, 3.05) is 12.8 Å². The van der Waals surface area contributed by atoms with E-state index in [0.29, 0.717) is 22.7 Å². The van der Waals surface area contributed by atoms with Gasteiger partial charge in [-0.3, -0.25) is 4.79 Å². The van der Waals surface area contributed by atoms with Gasteiger partial charge in [0.05, 0.1) is 5.56 Å². The van der Waals surface area contributed by atoms with E-state index in [0.717, 1.165) is 18.4 Å². The number of amides is 1. The number of hydrogen-bond acceptors (Lipinski definition) is 2. The van der Waals surface area contributed by atoms with E-state index in [1.165, 1.54) is 12.8 Å². The summed E-state index contributed by atoms with van der Waals surface area (Å²) in [6, 6.07) is 5.99. The van der Waals surface area contributed by atoms with Crippen molar-refractivity contribution < 1.29 is 4.79 Å². The Kier molecular flexibility index (Phi) is 4.07. The average Bonchev–Trinajstić information content (AvgIpc) is 2.37. The fraction of sp³-hybridized carbons (Fsp3) is 0.588. The molecule has 1 aromatic carbocycles. The van der Waals surface area contributed by atoms with Crippen molar-refractivity contribution in [3.05, 3.63) is 29.3 Å². The minimum absolute atomic E-state index is 0.0605.